The Bertz CT molecular complexity index is 3090. The van der Waals surface area contributed by atoms with Gasteiger partial charge in [-0.3, -0.25) is 0 Å². The summed E-state index contributed by atoms with van der Waals surface area (Å²) < 4.78 is 2.39. The Morgan fingerprint density at radius 1 is 0.509 bits per heavy atom. The Morgan fingerprint density at radius 3 is 2.09 bits per heavy atom. The summed E-state index contributed by atoms with van der Waals surface area (Å²) in [5, 5.41) is 4.97. The van der Waals surface area contributed by atoms with Gasteiger partial charge in [-0.1, -0.05) is 153 Å². The number of rotatable bonds is 6. The van der Waals surface area contributed by atoms with Gasteiger partial charge in [-0.15, -0.1) is 0 Å². The second-order valence-electron chi connectivity index (χ2n) is 16.1. The fourth-order valence-electron chi connectivity index (χ4n) is 9.71. The molecule has 0 N–H and O–H groups in total. The van der Waals surface area contributed by atoms with Gasteiger partial charge in [-0.05, 0) is 111 Å². The Morgan fingerprint density at radius 2 is 1.23 bits per heavy atom. The van der Waals surface area contributed by atoms with Gasteiger partial charge in [-0.2, -0.15) is 0 Å². The molecule has 0 saturated heterocycles. The first-order valence-electron chi connectivity index (χ1n) is 20.1. The SMILES string of the molecule is CC1(C)c2ccccc2-c2ccc(N(c3cccc(C4C=CC=CC4)c3)c3ccc(-c4ccc5c(c4)c4ccccc4n5-c4ccccc4)c4ccccc34)cc21. The molecule has 2 aliphatic rings. The van der Waals surface area contributed by atoms with Gasteiger partial charge >= 0.3 is 0 Å². The molecule has 0 spiro atoms. The predicted octanol–water partition coefficient (Wildman–Crippen LogP) is 15.0. The topological polar surface area (TPSA) is 8.17 Å². The minimum atomic E-state index is -0.108. The van der Waals surface area contributed by atoms with Crippen LogP contribution in [-0.4, -0.2) is 4.57 Å². The molecule has 272 valence electrons. The number of hydrogen-bond donors (Lipinski definition) is 0. The van der Waals surface area contributed by atoms with Crippen LogP contribution in [0.2, 0.25) is 0 Å². The Balaban J connectivity index is 1.10. The maximum absolute atomic E-state index is 2.49. The van der Waals surface area contributed by atoms with E-state index < -0.39 is 0 Å². The van der Waals surface area contributed by atoms with Crippen molar-refractivity contribution in [2.24, 2.45) is 0 Å². The summed E-state index contributed by atoms with van der Waals surface area (Å²) in [4.78, 5) is 2.49. The number of anilines is 3. The van der Waals surface area contributed by atoms with E-state index in [1.54, 1.807) is 0 Å². The van der Waals surface area contributed by atoms with Crippen molar-refractivity contribution < 1.29 is 0 Å². The summed E-state index contributed by atoms with van der Waals surface area (Å²) in [7, 11) is 0. The molecular formula is C55H42N2. The summed E-state index contributed by atoms with van der Waals surface area (Å²) in [6.45, 7) is 4.74. The number of nitrogens with zero attached hydrogens (tertiary/aromatic N) is 2. The van der Waals surface area contributed by atoms with E-state index in [0.29, 0.717) is 5.92 Å². The molecule has 0 amide bonds. The van der Waals surface area contributed by atoms with Gasteiger partial charge in [0.15, 0.2) is 0 Å². The molecule has 2 nitrogen and oxygen atoms in total. The third-order valence-electron chi connectivity index (χ3n) is 12.5. The number of benzene rings is 8. The van der Waals surface area contributed by atoms with E-state index in [1.807, 2.05) is 0 Å². The van der Waals surface area contributed by atoms with Crippen LogP contribution >= 0.6 is 0 Å². The van der Waals surface area contributed by atoms with E-state index >= 15 is 0 Å². The number of allylic oxidation sites excluding steroid dienone is 4. The van der Waals surface area contributed by atoms with Crippen LogP contribution in [0.25, 0.3) is 60.5 Å². The molecule has 0 bridgehead atoms. The minimum Gasteiger partial charge on any atom is -0.310 e. The second kappa shape index (κ2) is 13.1. The van der Waals surface area contributed by atoms with E-state index in [9.17, 15) is 0 Å². The molecule has 0 radical (unpaired) electrons. The van der Waals surface area contributed by atoms with Gasteiger partial charge in [0.05, 0.1) is 16.7 Å². The third kappa shape index (κ3) is 5.32. The lowest BCUT2D eigenvalue weighted by molar-refractivity contribution is 0.660. The van der Waals surface area contributed by atoms with Crippen molar-refractivity contribution in [3.8, 4) is 27.9 Å². The van der Waals surface area contributed by atoms with E-state index in [4.69, 9.17) is 0 Å². The lowest BCUT2D eigenvalue weighted by Crippen LogP contribution is -2.17. The Kier molecular flexibility index (Phi) is 7.69. The first-order valence-corrected chi connectivity index (χ1v) is 20.1. The summed E-state index contributed by atoms with van der Waals surface area (Å²) in [5.41, 5.74) is 16.2. The predicted molar refractivity (Wildman–Crippen MR) is 242 cm³/mol. The van der Waals surface area contributed by atoms with E-state index in [1.165, 1.54) is 88.6 Å². The zero-order chi connectivity index (χ0) is 38.1. The molecule has 0 aliphatic heterocycles. The van der Waals surface area contributed by atoms with Gasteiger partial charge in [-0.25, -0.2) is 0 Å². The molecule has 57 heavy (non-hydrogen) atoms. The molecule has 9 aromatic rings. The van der Waals surface area contributed by atoms with E-state index in [-0.39, 0.29) is 5.41 Å². The van der Waals surface area contributed by atoms with Crippen LogP contribution in [0.5, 0.6) is 0 Å². The van der Waals surface area contributed by atoms with Crippen molar-refractivity contribution in [1.82, 2.24) is 4.57 Å². The van der Waals surface area contributed by atoms with E-state index in [2.05, 4.69) is 224 Å². The van der Waals surface area contributed by atoms with Gasteiger partial charge in [0.1, 0.15) is 0 Å². The summed E-state index contributed by atoms with van der Waals surface area (Å²) in [6, 6.07) is 65.3. The highest BCUT2D eigenvalue weighted by molar-refractivity contribution is 6.12. The molecule has 2 heteroatoms. The van der Waals surface area contributed by atoms with Gasteiger partial charge in [0.25, 0.3) is 0 Å². The molecule has 1 heterocycles. The first kappa shape index (κ1) is 33.4. The van der Waals surface area contributed by atoms with Crippen LogP contribution in [-0.2, 0) is 5.41 Å². The highest BCUT2D eigenvalue weighted by Crippen LogP contribution is 2.51. The smallest absolute Gasteiger partial charge is 0.0541 e. The number of hydrogen-bond acceptors (Lipinski definition) is 1. The zero-order valence-corrected chi connectivity index (χ0v) is 32.2. The average Bonchev–Trinajstić information content (AvgIpc) is 3.72. The Labute approximate surface area is 334 Å². The standard InChI is InChI=1S/C55H42N2/c1-55(2)50-26-13-11-23-45(50)46-30-29-42(36-51(46)55)56(41-21-15-18-38(34-41)37-16-5-3-6-17-37)53-33-31-43(44-22-9-10-24-47(44)53)39-28-32-54-49(35-39)48-25-12-14-27-52(48)57(54)40-19-7-4-8-20-40/h3-16,18-37H,17H2,1-2H3. The highest BCUT2D eigenvalue weighted by Gasteiger charge is 2.36. The highest BCUT2D eigenvalue weighted by atomic mass is 15.1. The van der Waals surface area contributed by atoms with Crippen LogP contribution in [0.4, 0.5) is 17.1 Å². The lowest BCUT2D eigenvalue weighted by atomic mass is 9.82. The molecule has 1 atom stereocenters. The molecule has 1 unspecified atom stereocenters. The monoisotopic (exact) mass is 730 g/mol. The maximum atomic E-state index is 2.49. The lowest BCUT2D eigenvalue weighted by Gasteiger charge is -2.30. The average molecular weight is 731 g/mol. The van der Waals surface area contributed by atoms with Crippen LogP contribution in [0.1, 0.15) is 42.9 Å². The van der Waals surface area contributed by atoms with Crippen LogP contribution in [0.3, 0.4) is 0 Å². The third-order valence-corrected chi connectivity index (χ3v) is 12.5. The first-order chi connectivity index (χ1) is 28.0. The van der Waals surface area contributed by atoms with Crippen molar-refractivity contribution in [2.75, 3.05) is 4.90 Å². The zero-order valence-electron chi connectivity index (χ0n) is 32.2. The minimum absolute atomic E-state index is 0.108. The normalized spacial score (nSPS) is 15.3. The molecule has 11 rings (SSSR count). The van der Waals surface area contributed by atoms with Gasteiger partial charge < -0.3 is 9.47 Å². The number of fused-ring (bicyclic) bond motifs is 7. The Hall–Kier alpha value is -6.90. The number of para-hydroxylation sites is 2. The summed E-state index contributed by atoms with van der Waals surface area (Å²) in [5.74, 6) is 0.354. The van der Waals surface area contributed by atoms with Gasteiger partial charge in [0, 0.05) is 44.6 Å². The van der Waals surface area contributed by atoms with Crippen LogP contribution in [0, 0.1) is 0 Å². The molecular weight excluding hydrogens is 689 g/mol. The second-order valence-corrected chi connectivity index (χ2v) is 16.1. The van der Waals surface area contributed by atoms with Crippen molar-refractivity contribution in [3.05, 3.63) is 217 Å². The summed E-state index contributed by atoms with van der Waals surface area (Å²) in [6.07, 6.45) is 9.96. The van der Waals surface area contributed by atoms with Crippen molar-refractivity contribution in [1.29, 1.82) is 0 Å². The molecule has 0 saturated carbocycles. The summed E-state index contributed by atoms with van der Waals surface area (Å²) >= 11 is 0. The van der Waals surface area contributed by atoms with Crippen LogP contribution in [0.15, 0.2) is 200 Å². The van der Waals surface area contributed by atoms with Crippen molar-refractivity contribution in [2.45, 2.75) is 31.6 Å². The number of aromatic nitrogens is 1. The molecule has 0 fully saturated rings. The van der Waals surface area contributed by atoms with Crippen molar-refractivity contribution in [3.63, 3.8) is 0 Å². The van der Waals surface area contributed by atoms with Crippen LogP contribution < -0.4 is 4.90 Å². The molecule has 8 aromatic carbocycles. The molecule has 1 aromatic heterocycles. The molecule has 2 aliphatic carbocycles. The quantitative estimate of drug-likeness (QED) is 0.165. The van der Waals surface area contributed by atoms with Crippen molar-refractivity contribution >= 4 is 49.6 Å². The fraction of sp³-hybridized carbons (Fsp3) is 0.0909. The van der Waals surface area contributed by atoms with Gasteiger partial charge in [0.2, 0.25) is 0 Å². The largest absolute Gasteiger partial charge is 0.310 e. The van der Waals surface area contributed by atoms with E-state index in [0.717, 1.165) is 12.1 Å². The maximum Gasteiger partial charge on any atom is 0.0541 e. The fourth-order valence-corrected chi connectivity index (χ4v) is 9.71.